The van der Waals surface area contributed by atoms with Gasteiger partial charge in [-0.15, -0.1) is 0 Å². The van der Waals surface area contributed by atoms with Crippen molar-refractivity contribution >= 4 is 0 Å². The summed E-state index contributed by atoms with van der Waals surface area (Å²) >= 11 is 0. The molecule has 4 aromatic rings. The predicted molar refractivity (Wildman–Crippen MR) is 191 cm³/mol. The Hall–Kier alpha value is -4.97. The minimum atomic E-state index is -5.49. The number of hydrogen-bond acceptors (Lipinski definition) is 4. The maximum absolute atomic E-state index is 14.6. The summed E-state index contributed by atoms with van der Waals surface area (Å²) < 4.78 is 229. The highest BCUT2D eigenvalue weighted by Gasteiger charge is 2.44. The molecule has 1 unspecified atom stereocenters. The summed E-state index contributed by atoms with van der Waals surface area (Å²) in [6.07, 6.45) is -7.46. The molecule has 1 atom stereocenters. The van der Waals surface area contributed by atoms with Crippen LogP contribution in [0.4, 0.5) is 65.9 Å². The Labute approximate surface area is 340 Å². The maximum Gasteiger partial charge on any atom is 0.432 e. The second kappa shape index (κ2) is 20.7. The Balaban J connectivity index is 1.09. The quantitative estimate of drug-likeness (QED) is 0.0582. The van der Waals surface area contributed by atoms with E-state index in [1.807, 2.05) is 0 Å². The summed E-state index contributed by atoms with van der Waals surface area (Å²) in [5.74, 6) is -16.8. The van der Waals surface area contributed by atoms with Gasteiger partial charge in [0.05, 0.1) is 13.2 Å². The molecule has 0 amide bonds. The number of alkyl halides is 7. The maximum atomic E-state index is 14.6. The van der Waals surface area contributed by atoms with Crippen LogP contribution in [-0.2, 0) is 18.4 Å². The van der Waals surface area contributed by atoms with Crippen molar-refractivity contribution in [3.8, 4) is 23.0 Å². The SMILES string of the molecule is Cc1c(F)cc(OC(F)(F)c2c(F)cc(OCCCCCCC(C)CCCCCCOc3cc(F)c(C(F)(F)Oc4cc(F)c(C(F)(F)F)c(F)c4)c(F)c3)cc2F)cc1F. The van der Waals surface area contributed by atoms with Crippen molar-refractivity contribution in [2.45, 2.75) is 96.4 Å². The lowest BCUT2D eigenvalue weighted by atomic mass is 9.96. The van der Waals surface area contributed by atoms with Crippen molar-refractivity contribution in [3.63, 3.8) is 0 Å². The summed E-state index contributed by atoms with van der Waals surface area (Å²) in [7, 11) is 0. The lowest BCUT2D eigenvalue weighted by Gasteiger charge is -2.20. The highest BCUT2D eigenvalue weighted by molar-refractivity contribution is 5.37. The first kappa shape index (κ1) is 48.7. The fourth-order valence-corrected chi connectivity index (χ4v) is 6.20. The van der Waals surface area contributed by atoms with Gasteiger partial charge in [-0.2, -0.15) is 30.7 Å². The summed E-state index contributed by atoms with van der Waals surface area (Å²) in [5, 5.41) is 0. The van der Waals surface area contributed by atoms with Crippen LogP contribution in [0.2, 0.25) is 0 Å². The first-order chi connectivity index (χ1) is 28.5. The zero-order chi connectivity index (χ0) is 45.3. The number of benzene rings is 4. The van der Waals surface area contributed by atoms with Crippen molar-refractivity contribution in [3.05, 3.63) is 117 Å². The van der Waals surface area contributed by atoms with Crippen LogP contribution in [0.15, 0.2) is 48.5 Å². The Kier molecular flexibility index (Phi) is 16.5. The third kappa shape index (κ3) is 13.5. The molecule has 0 saturated carbocycles. The fourth-order valence-electron chi connectivity index (χ4n) is 6.20. The Bertz CT molecular complexity index is 2010. The molecule has 0 aliphatic carbocycles. The average molecular weight is 893 g/mol. The van der Waals surface area contributed by atoms with Crippen molar-refractivity contribution in [1.82, 2.24) is 0 Å². The van der Waals surface area contributed by atoms with Gasteiger partial charge >= 0.3 is 18.4 Å². The van der Waals surface area contributed by atoms with Crippen molar-refractivity contribution in [1.29, 1.82) is 0 Å². The van der Waals surface area contributed by atoms with E-state index in [0.29, 0.717) is 68.0 Å². The normalized spacial score (nSPS) is 12.7. The van der Waals surface area contributed by atoms with Crippen molar-refractivity contribution in [2.75, 3.05) is 13.2 Å². The van der Waals surface area contributed by atoms with E-state index in [-0.39, 0.29) is 31.1 Å². The molecular formula is C42H39F15O4. The van der Waals surface area contributed by atoms with E-state index in [1.54, 1.807) is 0 Å². The van der Waals surface area contributed by atoms with Gasteiger partial charge in [-0.3, -0.25) is 0 Å². The minimum Gasteiger partial charge on any atom is -0.493 e. The monoisotopic (exact) mass is 892 g/mol. The number of hydrogen-bond donors (Lipinski definition) is 0. The third-order valence-corrected chi connectivity index (χ3v) is 9.38. The average Bonchev–Trinajstić information content (AvgIpc) is 3.10. The molecule has 0 aliphatic rings. The van der Waals surface area contributed by atoms with E-state index < -0.39 is 104 Å². The third-order valence-electron chi connectivity index (χ3n) is 9.38. The van der Waals surface area contributed by atoms with Gasteiger partial charge in [0, 0.05) is 54.1 Å². The van der Waals surface area contributed by atoms with Gasteiger partial charge < -0.3 is 18.9 Å². The standard InChI is InChI=1S/C42H39F15O4/c1-23(11-7-3-5-9-13-58-25-15-33(47)38(34(48)16-25)41(54,55)60-27-19-29(43)24(2)30(44)20-27)12-8-4-6-10-14-59-26-17-35(49)39(36(50)18-26)42(56,57)61-28-21-31(45)37(32(46)22-28)40(51,52)53/h15-23H,3-14H2,1-2H3. The molecule has 0 heterocycles. The topological polar surface area (TPSA) is 36.9 Å². The molecule has 336 valence electrons. The molecule has 0 fully saturated rings. The van der Waals surface area contributed by atoms with Crippen LogP contribution < -0.4 is 18.9 Å². The molecular weight excluding hydrogens is 853 g/mol. The van der Waals surface area contributed by atoms with E-state index in [4.69, 9.17) is 9.47 Å². The van der Waals surface area contributed by atoms with Crippen LogP contribution >= 0.6 is 0 Å². The smallest absolute Gasteiger partial charge is 0.432 e. The number of unbranched alkanes of at least 4 members (excludes halogenated alkanes) is 6. The van der Waals surface area contributed by atoms with Gasteiger partial charge in [0.15, 0.2) is 0 Å². The molecule has 0 bridgehead atoms. The first-order valence-corrected chi connectivity index (χ1v) is 18.9. The second-order valence-electron chi connectivity index (χ2n) is 14.2. The molecule has 0 aromatic heterocycles. The van der Waals surface area contributed by atoms with Crippen molar-refractivity contribution < 1.29 is 84.8 Å². The Morgan fingerprint density at radius 1 is 0.410 bits per heavy atom. The number of ether oxygens (including phenoxy) is 4. The van der Waals surface area contributed by atoms with Gasteiger partial charge in [-0.1, -0.05) is 58.3 Å². The largest absolute Gasteiger partial charge is 0.493 e. The van der Waals surface area contributed by atoms with Crippen LogP contribution in [0.3, 0.4) is 0 Å². The number of halogens is 15. The van der Waals surface area contributed by atoms with Crippen LogP contribution in [-0.4, -0.2) is 13.2 Å². The molecule has 0 spiro atoms. The molecule has 4 rings (SSSR count). The van der Waals surface area contributed by atoms with Gasteiger partial charge in [0.1, 0.15) is 86.2 Å². The van der Waals surface area contributed by atoms with Crippen molar-refractivity contribution in [2.24, 2.45) is 5.92 Å². The van der Waals surface area contributed by atoms with Gasteiger partial charge in [-0.05, 0) is 25.7 Å². The van der Waals surface area contributed by atoms with Crippen LogP contribution in [0.25, 0.3) is 0 Å². The molecule has 0 saturated heterocycles. The van der Waals surface area contributed by atoms with Crippen LogP contribution in [0.5, 0.6) is 23.0 Å². The lowest BCUT2D eigenvalue weighted by molar-refractivity contribution is -0.190. The summed E-state index contributed by atoms with van der Waals surface area (Å²) in [6, 6.07) is 2.54. The van der Waals surface area contributed by atoms with Gasteiger partial charge in [-0.25, -0.2) is 35.1 Å². The van der Waals surface area contributed by atoms with E-state index in [2.05, 4.69) is 16.4 Å². The number of rotatable bonds is 22. The van der Waals surface area contributed by atoms with Crippen LogP contribution in [0.1, 0.15) is 93.4 Å². The molecule has 0 radical (unpaired) electrons. The van der Waals surface area contributed by atoms with E-state index in [0.717, 1.165) is 45.4 Å². The van der Waals surface area contributed by atoms with Gasteiger partial charge in [0.2, 0.25) is 0 Å². The highest BCUT2D eigenvalue weighted by Crippen LogP contribution is 2.41. The summed E-state index contributed by atoms with van der Waals surface area (Å²) in [4.78, 5) is 0. The zero-order valence-electron chi connectivity index (χ0n) is 32.5. The van der Waals surface area contributed by atoms with Gasteiger partial charge in [0.25, 0.3) is 0 Å². The van der Waals surface area contributed by atoms with Crippen LogP contribution in [0, 0.1) is 59.4 Å². The fraction of sp³-hybridized carbons (Fsp3) is 0.429. The highest BCUT2D eigenvalue weighted by atomic mass is 19.4. The van der Waals surface area contributed by atoms with E-state index >= 15 is 0 Å². The molecule has 0 aliphatic heterocycles. The second-order valence-corrected chi connectivity index (χ2v) is 14.2. The molecule has 0 N–H and O–H groups in total. The summed E-state index contributed by atoms with van der Waals surface area (Å²) in [5.41, 5.74) is -6.52. The first-order valence-electron chi connectivity index (χ1n) is 18.9. The predicted octanol–water partition coefficient (Wildman–Crippen LogP) is 14.4. The lowest BCUT2D eigenvalue weighted by Crippen LogP contribution is -2.25. The minimum absolute atomic E-state index is 0.0182. The van der Waals surface area contributed by atoms with E-state index in [1.165, 1.54) is 0 Å². The summed E-state index contributed by atoms with van der Waals surface area (Å²) in [6.45, 7) is 3.17. The zero-order valence-corrected chi connectivity index (χ0v) is 32.5. The molecule has 4 nitrogen and oxygen atoms in total. The molecule has 61 heavy (non-hydrogen) atoms. The Morgan fingerprint density at radius 2 is 0.705 bits per heavy atom. The molecule has 4 aromatic carbocycles. The Morgan fingerprint density at radius 3 is 1.05 bits per heavy atom. The van der Waals surface area contributed by atoms with E-state index in [9.17, 15) is 65.9 Å². The molecule has 19 heteroatoms.